The van der Waals surface area contributed by atoms with Crippen LogP contribution in [0.1, 0.15) is 34.6 Å². The van der Waals surface area contributed by atoms with Crippen molar-refractivity contribution in [2.45, 2.75) is 46.4 Å². The van der Waals surface area contributed by atoms with Crippen LogP contribution >= 0.6 is 11.3 Å². The van der Waals surface area contributed by atoms with E-state index in [2.05, 4.69) is 0 Å². The van der Waals surface area contributed by atoms with Gasteiger partial charge in [0.05, 0.1) is 24.6 Å². The molecular formula is C21H24N2O5S. The Morgan fingerprint density at radius 1 is 1.21 bits per heavy atom. The summed E-state index contributed by atoms with van der Waals surface area (Å²) < 4.78 is 7.68. The van der Waals surface area contributed by atoms with Crippen molar-refractivity contribution in [2.24, 2.45) is 0 Å². The summed E-state index contributed by atoms with van der Waals surface area (Å²) in [5, 5.41) is 10.1. The van der Waals surface area contributed by atoms with Crippen LogP contribution in [0.15, 0.2) is 39.9 Å². The summed E-state index contributed by atoms with van der Waals surface area (Å²) in [5.41, 5.74) is 0.572. The summed E-state index contributed by atoms with van der Waals surface area (Å²) in [6.45, 7) is 5.39. The lowest BCUT2D eigenvalue weighted by Crippen LogP contribution is -2.42. The number of carbonyl (C=O) groups is 1. The van der Waals surface area contributed by atoms with Crippen molar-refractivity contribution in [3.63, 3.8) is 0 Å². The van der Waals surface area contributed by atoms with Crippen LogP contribution in [0.3, 0.4) is 0 Å². The number of thiophene rings is 1. The van der Waals surface area contributed by atoms with Crippen molar-refractivity contribution in [3.8, 4) is 0 Å². The molecular weight excluding hydrogens is 392 g/mol. The number of aromatic nitrogens is 2. The predicted octanol–water partition coefficient (Wildman–Crippen LogP) is 2.33. The molecule has 0 amide bonds. The zero-order valence-corrected chi connectivity index (χ0v) is 17.5. The molecule has 29 heavy (non-hydrogen) atoms. The molecule has 0 aliphatic rings. The molecule has 1 aromatic carbocycles. The Balaban J connectivity index is 2.21. The molecule has 1 atom stereocenters. The number of aliphatic hydroxyl groups is 1. The van der Waals surface area contributed by atoms with Gasteiger partial charge in [-0.05, 0) is 38.3 Å². The van der Waals surface area contributed by atoms with E-state index in [4.69, 9.17) is 4.74 Å². The average Bonchev–Trinajstić information content (AvgIpc) is 3.03. The molecule has 0 aliphatic carbocycles. The third-order valence-electron chi connectivity index (χ3n) is 4.67. The van der Waals surface area contributed by atoms with Gasteiger partial charge >= 0.3 is 11.7 Å². The minimum Gasteiger partial charge on any atom is -0.462 e. The molecule has 2 heterocycles. The van der Waals surface area contributed by atoms with Crippen molar-refractivity contribution in [1.29, 1.82) is 0 Å². The predicted molar refractivity (Wildman–Crippen MR) is 113 cm³/mol. The maximum absolute atomic E-state index is 13.1. The van der Waals surface area contributed by atoms with E-state index in [0.717, 1.165) is 21.5 Å². The largest absolute Gasteiger partial charge is 0.462 e. The number of nitrogens with zero attached hydrogens (tertiary/aromatic N) is 2. The van der Waals surface area contributed by atoms with Crippen molar-refractivity contribution in [2.75, 3.05) is 6.61 Å². The van der Waals surface area contributed by atoms with Crippen LogP contribution in [0.5, 0.6) is 0 Å². The lowest BCUT2D eigenvalue weighted by Gasteiger charge is -2.13. The zero-order valence-electron chi connectivity index (χ0n) is 16.7. The van der Waals surface area contributed by atoms with E-state index in [0.29, 0.717) is 33.6 Å². The lowest BCUT2D eigenvalue weighted by atomic mass is 10.1. The molecule has 2 aromatic heterocycles. The third-order valence-corrected chi connectivity index (χ3v) is 5.96. The first-order valence-electron chi connectivity index (χ1n) is 9.51. The van der Waals surface area contributed by atoms with Crippen LogP contribution in [0.25, 0.3) is 10.2 Å². The van der Waals surface area contributed by atoms with E-state index >= 15 is 0 Å². The van der Waals surface area contributed by atoms with Crippen molar-refractivity contribution >= 4 is 27.5 Å². The van der Waals surface area contributed by atoms with Gasteiger partial charge in [-0.3, -0.25) is 13.9 Å². The number of rotatable bonds is 7. The molecule has 0 fully saturated rings. The molecule has 7 nitrogen and oxygen atoms in total. The molecule has 0 saturated heterocycles. The van der Waals surface area contributed by atoms with Gasteiger partial charge in [-0.1, -0.05) is 30.3 Å². The standard InChI is InChI=1S/C21H24N2O5S/c1-4-28-20(26)17-14(3)16-18(25)23(12-13(2)24)21(27)22(19(16)29-17)11-10-15-8-6-5-7-9-15/h5-9,13,24H,4,10-12H2,1-3H3/t13-/m0/s1. The first-order chi connectivity index (χ1) is 13.8. The van der Waals surface area contributed by atoms with Gasteiger partial charge < -0.3 is 9.84 Å². The molecule has 0 aliphatic heterocycles. The van der Waals surface area contributed by atoms with E-state index < -0.39 is 23.3 Å². The fraction of sp³-hybridized carbons (Fsp3) is 0.381. The van der Waals surface area contributed by atoms with Gasteiger partial charge in [0.25, 0.3) is 5.56 Å². The Labute approximate surface area is 171 Å². The Morgan fingerprint density at radius 3 is 2.52 bits per heavy atom. The van der Waals surface area contributed by atoms with Crippen LogP contribution < -0.4 is 11.2 Å². The number of esters is 1. The fourth-order valence-electron chi connectivity index (χ4n) is 3.29. The summed E-state index contributed by atoms with van der Waals surface area (Å²) in [6, 6.07) is 9.72. The van der Waals surface area contributed by atoms with Crippen LogP contribution in [0.4, 0.5) is 0 Å². The molecule has 3 rings (SSSR count). The van der Waals surface area contributed by atoms with Crippen LogP contribution in [-0.2, 0) is 24.2 Å². The van der Waals surface area contributed by atoms with Gasteiger partial charge in [0.1, 0.15) is 9.71 Å². The van der Waals surface area contributed by atoms with Gasteiger partial charge in [-0.2, -0.15) is 0 Å². The highest BCUT2D eigenvalue weighted by Gasteiger charge is 2.24. The second kappa shape index (κ2) is 8.75. The fourth-order valence-corrected chi connectivity index (χ4v) is 4.51. The maximum Gasteiger partial charge on any atom is 0.348 e. The van der Waals surface area contributed by atoms with Gasteiger partial charge in [-0.15, -0.1) is 11.3 Å². The highest BCUT2D eigenvalue weighted by Crippen LogP contribution is 2.28. The molecule has 1 N–H and O–H groups in total. The molecule has 0 radical (unpaired) electrons. The zero-order chi connectivity index (χ0) is 21.1. The molecule has 3 aromatic rings. The van der Waals surface area contributed by atoms with Crippen molar-refractivity contribution in [3.05, 3.63) is 67.2 Å². The lowest BCUT2D eigenvalue weighted by molar-refractivity contribution is 0.0531. The monoisotopic (exact) mass is 416 g/mol. The normalized spacial score (nSPS) is 12.3. The molecule has 154 valence electrons. The molecule has 0 saturated carbocycles. The van der Waals surface area contributed by atoms with E-state index in [9.17, 15) is 19.5 Å². The Morgan fingerprint density at radius 2 is 1.90 bits per heavy atom. The molecule has 0 unspecified atom stereocenters. The summed E-state index contributed by atoms with van der Waals surface area (Å²) in [7, 11) is 0. The minimum absolute atomic E-state index is 0.108. The summed E-state index contributed by atoms with van der Waals surface area (Å²) in [6.07, 6.45) is -0.266. The van der Waals surface area contributed by atoms with Gasteiger partial charge in [-0.25, -0.2) is 9.59 Å². The molecule has 0 spiro atoms. The van der Waals surface area contributed by atoms with Crippen LogP contribution in [0, 0.1) is 6.92 Å². The highest BCUT2D eigenvalue weighted by molar-refractivity contribution is 7.20. The minimum atomic E-state index is -0.858. The topological polar surface area (TPSA) is 90.5 Å². The first kappa shape index (κ1) is 21.0. The number of hydrogen-bond acceptors (Lipinski definition) is 6. The van der Waals surface area contributed by atoms with E-state index in [1.165, 1.54) is 11.5 Å². The smallest absolute Gasteiger partial charge is 0.348 e. The number of ether oxygens (including phenoxy) is 1. The van der Waals surface area contributed by atoms with Crippen LogP contribution in [0.2, 0.25) is 0 Å². The Kier molecular flexibility index (Phi) is 6.34. The van der Waals surface area contributed by atoms with Crippen molar-refractivity contribution in [1.82, 2.24) is 9.13 Å². The van der Waals surface area contributed by atoms with Gasteiger partial charge in [0.15, 0.2) is 0 Å². The van der Waals surface area contributed by atoms with Crippen molar-refractivity contribution < 1.29 is 14.6 Å². The van der Waals surface area contributed by atoms with Gasteiger partial charge in [0, 0.05) is 6.54 Å². The average molecular weight is 416 g/mol. The summed E-state index contributed by atoms with van der Waals surface area (Å²) >= 11 is 1.10. The third kappa shape index (κ3) is 4.18. The van der Waals surface area contributed by atoms with Crippen LogP contribution in [-0.4, -0.2) is 32.9 Å². The number of fused-ring (bicyclic) bond motifs is 1. The molecule has 8 heteroatoms. The summed E-state index contributed by atoms with van der Waals surface area (Å²) in [4.78, 5) is 39.2. The number of aliphatic hydroxyl groups excluding tert-OH is 1. The number of carbonyl (C=O) groups excluding carboxylic acids is 1. The quantitative estimate of drug-likeness (QED) is 0.597. The van der Waals surface area contributed by atoms with E-state index in [1.807, 2.05) is 30.3 Å². The number of benzene rings is 1. The highest BCUT2D eigenvalue weighted by atomic mass is 32.1. The Hall–Kier alpha value is -2.71. The maximum atomic E-state index is 13.1. The SMILES string of the molecule is CCOC(=O)c1sc2c(c1C)c(=O)n(C[C@H](C)O)c(=O)n2CCc1ccccc1. The second-order valence-corrected chi connectivity index (χ2v) is 7.89. The van der Waals surface area contributed by atoms with E-state index in [-0.39, 0.29) is 13.2 Å². The first-order valence-corrected chi connectivity index (χ1v) is 10.3. The summed E-state index contributed by atoms with van der Waals surface area (Å²) in [5.74, 6) is -0.505. The Bertz CT molecular complexity index is 1140. The molecule has 0 bridgehead atoms. The van der Waals surface area contributed by atoms with E-state index in [1.54, 1.807) is 13.8 Å². The number of aryl methyl sites for hydroxylation is 3. The second-order valence-electron chi connectivity index (χ2n) is 6.89. The number of hydrogen-bond donors (Lipinski definition) is 1. The van der Waals surface area contributed by atoms with Gasteiger partial charge in [0.2, 0.25) is 0 Å².